The summed E-state index contributed by atoms with van der Waals surface area (Å²) in [5.41, 5.74) is 3.76. The van der Waals surface area contributed by atoms with Gasteiger partial charge in [0.1, 0.15) is 6.61 Å². The van der Waals surface area contributed by atoms with E-state index in [-0.39, 0.29) is 12.2 Å². The van der Waals surface area contributed by atoms with Crippen LogP contribution < -0.4 is 5.56 Å². The van der Waals surface area contributed by atoms with Crippen LogP contribution in [0, 0.1) is 13.8 Å². The lowest BCUT2D eigenvalue weighted by Gasteiger charge is -2.02. The van der Waals surface area contributed by atoms with Gasteiger partial charge in [-0.1, -0.05) is 23.5 Å². The first kappa shape index (κ1) is 18.1. The molecule has 0 aliphatic carbocycles. The fourth-order valence-electron chi connectivity index (χ4n) is 3.07. The van der Waals surface area contributed by atoms with E-state index in [4.69, 9.17) is 4.74 Å². The first-order valence-electron chi connectivity index (χ1n) is 8.69. The summed E-state index contributed by atoms with van der Waals surface area (Å²) in [7, 11) is 1.85. The van der Waals surface area contributed by atoms with Crippen molar-refractivity contribution < 1.29 is 9.53 Å². The van der Waals surface area contributed by atoms with E-state index < -0.39 is 5.97 Å². The molecule has 0 fully saturated rings. The van der Waals surface area contributed by atoms with Crippen molar-refractivity contribution in [3.05, 3.63) is 69.4 Å². The second-order valence-electron chi connectivity index (χ2n) is 6.42. The van der Waals surface area contributed by atoms with Crippen LogP contribution in [0.1, 0.15) is 22.6 Å². The van der Waals surface area contributed by atoms with E-state index in [1.54, 1.807) is 15.2 Å². The summed E-state index contributed by atoms with van der Waals surface area (Å²) in [6.07, 6.45) is 3.05. The zero-order valence-electron chi connectivity index (χ0n) is 15.7. The summed E-state index contributed by atoms with van der Waals surface area (Å²) in [5.74, 6) is -0.499. The Hall–Kier alpha value is -3.26. The first-order chi connectivity index (χ1) is 13.4. The number of benzene rings is 1. The van der Waals surface area contributed by atoms with Crippen LogP contribution in [0.2, 0.25) is 0 Å². The maximum absolute atomic E-state index is 12.5. The molecule has 0 N–H and O–H groups in total. The van der Waals surface area contributed by atoms with Gasteiger partial charge in [-0.3, -0.25) is 13.9 Å². The van der Waals surface area contributed by atoms with E-state index in [1.165, 1.54) is 23.5 Å². The summed E-state index contributed by atoms with van der Waals surface area (Å²) in [4.78, 5) is 29.6. The molecule has 0 saturated heterocycles. The van der Waals surface area contributed by atoms with Crippen molar-refractivity contribution in [3.63, 3.8) is 0 Å². The fraction of sp³-hybridized carbons (Fsp3) is 0.200. The van der Waals surface area contributed by atoms with E-state index >= 15 is 0 Å². The summed E-state index contributed by atoms with van der Waals surface area (Å²) in [6, 6.07) is 9.03. The number of aryl methyl sites for hydroxylation is 2. The Labute approximate surface area is 164 Å². The second-order valence-corrected chi connectivity index (χ2v) is 7.43. The van der Waals surface area contributed by atoms with Gasteiger partial charge in [0.15, 0.2) is 4.96 Å². The molecular formula is C20H18N4O3S. The third-order valence-corrected chi connectivity index (χ3v) is 5.58. The molecule has 142 valence electrons. The SMILES string of the molecule is Cc1nn(C)c(C)c1C=CC(=O)OCc1cc(=O)n2c(n1)sc1ccccc12. The van der Waals surface area contributed by atoms with Crippen molar-refractivity contribution in [2.45, 2.75) is 20.5 Å². The van der Waals surface area contributed by atoms with Gasteiger partial charge in [-0.15, -0.1) is 0 Å². The molecule has 4 rings (SSSR count). The minimum absolute atomic E-state index is 0.0613. The molecule has 3 heterocycles. The third-order valence-electron chi connectivity index (χ3n) is 4.56. The van der Waals surface area contributed by atoms with Crippen molar-refractivity contribution in [2.24, 2.45) is 7.05 Å². The predicted octanol–water partition coefficient (Wildman–Crippen LogP) is 3.02. The molecule has 0 unspecified atom stereocenters. The highest BCUT2D eigenvalue weighted by Crippen LogP contribution is 2.23. The first-order valence-corrected chi connectivity index (χ1v) is 9.51. The lowest BCUT2D eigenvalue weighted by molar-refractivity contribution is -0.139. The van der Waals surface area contributed by atoms with Gasteiger partial charge in [-0.25, -0.2) is 9.78 Å². The number of esters is 1. The van der Waals surface area contributed by atoms with Crippen molar-refractivity contribution in [2.75, 3.05) is 0 Å². The molecule has 0 aliphatic rings. The monoisotopic (exact) mass is 394 g/mol. The summed E-state index contributed by atoms with van der Waals surface area (Å²) in [6.45, 7) is 3.76. The maximum Gasteiger partial charge on any atom is 0.331 e. The van der Waals surface area contributed by atoms with Gasteiger partial charge in [0.25, 0.3) is 5.56 Å². The van der Waals surface area contributed by atoms with Crippen LogP contribution in [0.5, 0.6) is 0 Å². The van der Waals surface area contributed by atoms with Gasteiger partial charge in [0, 0.05) is 30.4 Å². The van der Waals surface area contributed by atoms with Crippen LogP contribution in [0.3, 0.4) is 0 Å². The number of hydrogen-bond acceptors (Lipinski definition) is 6. The zero-order valence-corrected chi connectivity index (χ0v) is 16.5. The Morgan fingerprint density at radius 2 is 2.07 bits per heavy atom. The minimum Gasteiger partial charge on any atom is -0.456 e. The molecule has 0 amide bonds. The lowest BCUT2D eigenvalue weighted by atomic mass is 10.2. The fourth-order valence-corrected chi connectivity index (χ4v) is 4.12. The van der Waals surface area contributed by atoms with E-state index in [1.807, 2.05) is 45.2 Å². The molecule has 1 aromatic carbocycles. The standard InChI is InChI=1S/C20H18N4O3S/c1-12-15(13(2)23(3)22-12)8-9-19(26)27-11-14-10-18(25)24-16-6-4-5-7-17(16)28-20(24)21-14/h4-10H,11H2,1-3H3. The molecule has 4 aromatic rings. The number of rotatable bonds is 4. The maximum atomic E-state index is 12.5. The Bertz CT molecular complexity index is 1300. The molecule has 0 atom stereocenters. The minimum atomic E-state index is -0.499. The Morgan fingerprint density at radius 3 is 2.82 bits per heavy atom. The molecule has 8 heteroatoms. The van der Waals surface area contributed by atoms with E-state index in [2.05, 4.69) is 10.1 Å². The van der Waals surface area contributed by atoms with Gasteiger partial charge >= 0.3 is 5.97 Å². The van der Waals surface area contributed by atoms with Crippen molar-refractivity contribution in [1.82, 2.24) is 19.2 Å². The number of carbonyl (C=O) groups excluding carboxylic acids is 1. The number of aromatic nitrogens is 4. The topological polar surface area (TPSA) is 78.5 Å². The number of ether oxygens (including phenoxy) is 1. The number of para-hydroxylation sites is 1. The molecule has 0 spiro atoms. The van der Waals surface area contributed by atoms with Crippen LogP contribution in [0.4, 0.5) is 0 Å². The number of fused-ring (bicyclic) bond motifs is 3. The summed E-state index contributed by atoms with van der Waals surface area (Å²) in [5, 5.41) is 4.31. The van der Waals surface area contributed by atoms with Crippen LogP contribution in [0.25, 0.3) is 21.3 Å². The van der Waals surface area contributed by atoms with Crippen molar-refractivity contribution >= 4 is 38.6 Å². The highest BCUT2D eigenvalue weighted by Gasteiger charge is 2.11. The average Bonchev–Trinajstić information content (AvgIpc) is 3.15. The van der Waals surface area contributed by atoms with Gasteiger partial charge in [-0.2, -0.15) is 5.10 Å². The number of nitrogens with zero attached hydrogens (tertiary/aromatic N) is 4. The van der Waals surface area contributed by atoms with E-state index in [0.29, 0.717) is 10.7 Å². The van der Waals surface area contributed by atoms with Gasteiger partial charge < -0.3 is 4.74 Å². The normalized spacial score (nSPS) is 11.7. The number of carbonyl (C=O) groups is 1. The van der Waals surface area contributed by atoms with Crippen LogP contribution >= 0.6 is 11.3 Å². The summed E-state index contributed by atoms with van der Waals surface area (Å²) < 4.78 is 9.56. The number of hydrogen-bond donors (Lipinski definition) is 0. The molecule has 0 aliphatic heterocycles. The smallest absolute Gasteiger partial charge is 0.331 e. The van der Waals surface area contributed by atoms with Crippen molar-refractivity contribution in [1.29, 1.82) is 0 Å². The highest BCUT2D eigenvalue weighted by atomic mass is 32.1. The highest BCUT2D eigenvalue weighted by molar-refractivity contribution is 7.23. The summed E-state index contributed by atoms with van der Waals surface area (Å²) >= 11 is 1.43. The molecule has 28 heavy (non-hydrogen) atoms. The molecule has 7 nitrogen and oxygen atoms in total. The largest absolute Gasteiger partial charge is 0.456 e. The molecular weight excluding hydrogens is 376 g/mol. The molecule has 0 saturated carbocycles. The molecule has 0 bridgehead atoms. The van der Waals surface area contributed by atoms with E-state index in [9.17, 15) is 9.59 Å². The van der Waals surface area contributed by atoms with Crippen LogP contribution in [-0.2, 0) is 23.2 Å². The zero-order chi connectivity index (χ0) is 19.8. The third kappa shape index (κ3) is 3.22. The predicted molar refractivity (Wildman–Crippen MR) is 108 cm³/mol. The Balaban J connectivity index is 1.52. The van der Waals surface area contributed by atoms with Crippen LogP contribution in [0.15, 0.2) is 41.2 Å². The van der Waals surface area contributed by atoms with Gasteiger partial charge in [0.05, 0.1) is 21.6 Å². The molecule has 3 aromatic heterocycles. The van der Waals surface area contributed by atoms with Crippen LogP contribution in [-0.4, -0.2) is 25.1 Å². The second kappa shape index (κ2) is 7.05. The van der Waals surface area contributed by atoms with Gasteiger partial charge in [-0.05, 0) is 32.1 Å². The number of thiazole rings is 1. The molecule has 0 radical (unpaired) electrons. The quantitative estimate of drug-likeness (QED) is 0.393. The Morgan fingerprint density at radius 1 is 1.29 bits per heavy atom. The lowest BCUT2D eigenvalue weighted by Crippen LogP contribution is -2.15. The average molecular weight is 394 g/mol. The Kier molecular flexibility index (Phi) is 4.56. The van der Waals surface area contributed by atoms with E-state index in [0.717, 1.165) is 27.2 Å². The van der Waals surface area contributed by atoms with Crippen molar-refractivity contribution in [3.8, 4) is 0 Å². The van der Waals surface area contributed by atoms with Gasteiger partial charge in [0.2, 0.25) is 0 Å².